The Kier molecular flexibility index (Phi) is 19.1. The number of nitrogens with zero attached hydrogens (tertiary/aromatic N) is 6. The van der Waals surface area contributed by atoms with Crippen molar-refractivity contribution < 1.29 is 55.0 Å². The molecule has 0 saturated carbocycles. The number of ether oxygens (including phenoxy) is 2. The van der Waals surface area contributed by atoms with E-state index in [-0.39, 0.29) is 110 Å². The van der Waals surface area contributed by atoms with Gasteiger partial charge in [0.15, 0.2) is 47.1 Å². The van der Waals surface area contributed by atoms with Crippen LogP contribution in [0, 0.1) is 34.9 Å². The lowest BCUT2D eigenvalue weighted by Gasteiger charge is -2.46. The summed E-state index contributed by atoms with van der Waals surface area (Å²) in [6, 6.07) is 13.4. The van der Waals surface area contributed by atoms with E-state index in [4.69, 9.17) is 20.9 Å². The van der Waals surface area contributed by atoms with E-state index in [0.29, 0.717) is 88.0 Å². The van der Waals surface area contributed by atoms with Crippen molar-refractivity contribution in [1.29, 1.82) is 0 Å². The van der Waals surface area contributed by atoms with Crippen LogP contribution in [0.4, 0.5) is 37.7 Å². The number of hydrogen-bond donors (Lipinski definition) is 6. The van der Waals surface area contributed by atoms with E-state index in [1.807, 2.05) is 65.8 Å². The van der Waals surface area contributed by atoms with Gasteiger partial charge in [-0.1, -0.05) is 64.1 Å². The van der Waals surface area contributed by atoms with Gasteiger partial charge >= 0.3 is 0 Å². The number of carbonyl (C=O) groups excluding carboxylic acids is 4. The minimum absolute atomic E-state index is 0.00159. The Hall–Kier alpha value is -7.30. The number of hydrogen-bond acceptors (Lipinski definition) is 14. The molecule has 8 heterocycles. The van der Waals surface area contributed by atoms with Crippen LogP contribution in [0.3, 0.4) is 0 Å². The van der Waals surface area contributed by atoms with E-state index < -0.39 is 93.0 Å². The molecule has 8 N–H and O–H groups in total. The maximum Gasteiger partial charge on any atom is 0.251 e. The summed E-state index contributed by atoms with van der Waals surface area (Å²) in [5.41, 5.74) is 13.2. The number of nitrogens with two attached hydrogens (primary N) is 2. The highest BCUT2D eigenvalue weighted by Gasteiger charge is 2.45. The van der Waals surface area contributed by atoms with E-state index in [1.54, 1.807) is 9.80 Å². The third-order valence-corrected chi connectivity index (χ3v) is 19.3. The second-order valence-corrected chi connectivity index (χ2v) is 27.0. The summed E-state index contributed by atoms with van der Waals surface area (Å²) in [5, 5.41) is 7.11. The van der Waals surface area contributed by atoms with Crippen LogP contribution < -0.4 is 43.0 Å². The fraction of sp³-hybridized carbons (Fsp3) is 0.515. The average Bonchev–Trinajstić information content (AvgIpc) is 1.60. The van der Waals surface area contributed by atoms with Crippen LogP contribution in [-0.2, 0) is 65.2 Å². The van der Waals surface area contributed by atoms with Crippen molar-refractivity contribution in [2.75, 3.05) is 102 Å². The van der Waals surface area contributed by atoms with E-state index >= 15 is 0 Å². The Bertz CT molecular complexity index is 3540. The summed E-state index contributed by atoms with van der Waals surface area (Å²) >= 11 is 0. The number of nitrogens with one attached hydrogen (secondary N) is 4. The van der Waals surface area contributed by atoms with Crippen LogP contribution in [0.1, 0.15) is 86.3 Å². The molecule has 20 nitrogen and oxygen atoms in total. The van der Waals surface area contributed by atoms with E-state index in [2.05, 4.69) is 40.2 Å². The lowest BCUT2D eigenvalue weighted by atomic mass is 9.91. The number of primary amides is 2. The minimum Gasteiger partial charge on any atom is -0.367 e. The molecule has 4 amide bonds. The lowest BCUT2D eigenvalue weighted by molar-refractivity contribution is -0.143. The number of fused-ring (bicyclic) bond motifs is 2. The van der Waals surface area contributed by atoms with Crippen molar-refractivity contribution in [3.05, 3.63) is 161 Å². The number of rotatable bonds is 18. The standard InChI is InChI=1S/C66H80F6N12O8/c1-35-27-81(31-51(85)83-33-65(3,4)59-49(83)23-41(63(89)77-59)21-39-11-13-45(67)55(71)53(39)69)43(25-75-35)29-79-15-17-91-57(61(73)87)47(79)19-37-7-9-38(10-8-37)20-48-58(62(74)88)92-18-16-80(48)30-44-26-76-36(2)28-82(44)32-52(86)84-34-66(5,6)60-50(84)24-42(64(90)78-60)22-40-12-14-46(68)56(72)54(40)70/h7-14,23-24,35-36,43-44,47-48,57-58,75-76H,15-22,25-34H2,1-6H3,(H2,73,87)(H2,74,88)(H,77,89)(H,78,90)/t35-,36-,43-,44-,47?,48?,57?,58?/m1/s1. The predicted octanol–water partition coefficient (Wildman–Crippen LogP) is 3.25. The Morgan fingerprint density at radius 2 is 0.924 bits per heavy atom. The quantitative estimate of drug-likeness (QED) is 0.0545. The molecule has 6 aliphatic heterocycles. The Labute approximate surface area is 528 Å². The largest absolute Gasteiger partial charge is 0.367 e. The number of aromatic amines is 2. The van der Waals surface area contributed by atoms with Gasteiger partial charge in [0.25, 0.3) is 11.1 Å². The van der Waals surface area contributed by atoms with E-state index in [0.717, 1.165) is 35.4 Å². The number of halogens is 6. The van der Waals surface area contributed by atoms with Crippen LogP contribution >= 0.6 is 0 Å². The van der Waals surface area contributed by atoms with Gasteiger partial charge in [-0.25, -0.2) is 26.3 Å². The number of H-pyrrole nitrogens is 2. The normalized spacial score (nSPS) is 25.2. The average molecular weight is 1280 g/mol. The molecule has 5 aromatic rings. The van der Waals surface area contributed by atoms with Crippen LogP contribution in [0.25, 0.3) is 0 Å². The lowest BCUT2D eigenvalue weighted by Crippen LogP contribution is -2.64. The molecule has 4 saturated heterocycles. The number of benzene rings is 3. The van der Waals surface area contributed by atoms with E-state index in [9.17, 15) is 55.1 Å². The molecule has 26 heteroatoms. The molecule has 4 unspecified atom stereocenters. The van der Waals surface area contributed by atoms with Crippen LogP contribution in [0.2, 0.25) is 0 Å². The van der Waals surface area contributed by atoms with Crippen molar-refractivity contribution >= 4 is 35.0 Å². The third kappa shape index (κ3) is 13.7. The summed E-state index contributed by atoms with van der Waals surface area (Å²) in [6.45, 7) is 16.5. The minimum atomic E-state index is -1.64. The molecule has 0 bridgehead atoms. The monoisotopic (exact) mass is 1280 g/mol. The Balaban J connectivity index is 0.765. The number of aromatic nitrogens is 2. The summed E-state index contributed by atoms with van der Waals surface area (Å²) in [4.78, 5) is 100. The van der Waals surface area contributed by atoms with Crippen molar-refractivity contribution in [2.24, 2.45) is 11.5 Å². The number of carbonyl (C=O) groups is 4. The molecule has 2 aromatic heterocycles. The molecule has 6 aliphatic rings. The van der Waals surface area contributed by atoms with Crippen LogP contribution in [-0.4, -0.2) is 193 Å². The SMILES string of the molecule is C[C@@H]1CN(CC(=O)N2CC(C)(C)c3[nH]c(=O)c(Cc4ccc(F)c(F)c4F)cc32)[C@@H](CN2CCOC(C(N)=O)C2Cc2ccc(CC3C(C(N)=O)OCCN3C[C@H]3CN[C@H](C)CN3CC(=O)N3CC(C)(C)c4[nH]c(=O)c(Cc5ccc(F)c(F)c5F)cc43)cc2)CN1. The first kappa shape index (κ1) is 66.2. The summed E-state index contributed by atoms with van der Waals surface area (Å²) in [5.74, 6) is -10.5. The number of amides is 4. The highest BCUT2D eigenvalue weighted by atomic mass is 19.2. The van der Waals surface area contributed by atoms with Gasteiger partial charge in [0, 0.05) is 148 Å². The number of anilines is 2. The smallest absolute Gasteiger partial charge is 0.251 e. The second kappa shape index (κ2) is 26.6. The molecule has 3 aromatic carbocycles. The fourth-order valence-corrected chi connectivity index (χ4v) is 14.4. The molecule has 4 fully saturated rings. The second-order valence-electron chi connectivity index (χ2n) is 27.0. The van der Waals surface area contributed by atoms with Gasteiger partial charge in [-0.15, -0.1) is 0 Å². The first-order valence-corrected chi connectivity index (χ1v) is 31.4. The number of piperazine rings is 2. The van der Waals surface area contributed by atoms with Gasteiger partial charge in [0.1, 0.15) is 0 Å². The highest BCUT2D eigenvalue weighted by Crippen LogP contribution is 2.41. The molecule has 11 rings (SSSR count). The first-order chi connectivity index (χ1) is 43.6. The molecule has 0 aliphatic carbocycles. The maximum absolute atomic E-state index is 14.8. The van der Waals surface area contributed by atoms with Gasteiger partial charge in [0.05, 0.1) is 37.7 Å². The van der Waals surface area contributed by atoms with E-state index in [1.165, 1.54) is 12.1 Å². The van der Waals surface area contributed by atoms with Gasteiger partial charge < -0.3 is 51.3 Å². The molecular formula is C66H80F6N12O8. The number of morpholine rings is 2. The van der Waals surface area contributed by atoms with Gasteiger partial charge in [-0.05, 0) is 73.2 Å². The topological polar surface area (TPSA) is 248 Å². The van der Waals surface area contributed by atoms with Gasteiger partial charge in [-0.2, -0.15) is 0 Å². The fourth-order valence-electron chi connectivity index (χ4n) is 14.4. The third-order valence-electron chi connectivity index (χ3n) is 19.3. The zero-order valence-electron chi connectivity index (χ0n) is 52.5. The Morgan fingerprint density at radius 1 is 0.543 bits per heavy atom. The first-order valence-electron chi connectivity index (χ1n) is 31.4. The van der Waals surface area contributed by atoms with Crippen molar-refractivity contribution in [1.82, 2.24) is 40.2 Å². The van der Waals surface area contributed by atoms with Crippen molar-refractivity contribution in [3.63, 3.8) is 0 Å². The van der Waals surface area contributed by atoms with Gasteiger partial charge in [0.2, 0.25) is 23.6 Å². The highest BCUT2D eigenvalue weighted by molar-refractivity contribution is 5.98. The molecule has 0 radical (unpaired) electrons. The van der Waals surface area contributed by atoms with Crippen molar-refractivity contribution in [3.8, 4) is 0 Å². The van der Waals surface area contributed by atoms with Gasteiger partial charge in [-0.3, -0.25) is 48.4 Å². The summed E-state index contributed by atoms with van der Waals surface area (Å²) in [7, 11) is 0. The van der Waals surface area contributed by atoms with Crippen LogP contribution in [0.15, 0.2) is 70.3 Å². The molecule has 92 heavy (non-hydrogen) atoms. The molecule has 8 atom stereocenters. The number of pyridine rings is 2. The predicted molar refractivity (Wildman–Crippen MR) is 331 cm³/mol. The zero-order valence-corrected chi connectivity index (χ0v) is 52.5. The zero-order chi connectivity index (χ0) is 65.8. The molecule has 0 spiro atoms. The summed E-state index contributed by atoms with van der Waals surface area (Å²) < 4.78 is 97.9. The maximum atomic E-state index is 14.8. The Morgan fingerprint density at radius 3 is 1.29 bits per heavy atom. The summed E-state index contributed by atoms with van der Waals surface area (Å²) in [6.07, 6.45) is -1.84. The van der Waals surface area contributed by atoms with Crippen molar-refractivity contribution in [2.45, 2.75) is 127 Å². The molecular weight excluding hydrogens is 1200 g/mol. The molecule has 494 valence electrons. The van der Waals surface area contributed by atoms with Crippen LogP contribution in [0.5, 0.6) is 0 Å².